The van der Waals surface area contributed by atoms with Gasteiger partial charge in [-0.25, -0.2) is 17.4 Å². The zero-order valence-corrected chi connectivity index (χ0v) is 17.9. The van der Waals surface area contributed by atoms with Crippen LogP contribution in [0.4, 0.5) is 11.5 Å². The summed E-state index contributed by atoms with van der Waals surface area (Å²) in [5.41, 5.74) is 2.20. The molecule has 0 amide bonds. The van der Waals surface area contributed by atoms with Crippen molar-refractivity contribution in [2.24, 2.45) is 0 Å². The molecule has 0 fully saturated rings. The average molecular weight is 472 g/mol. The van der Waals surface area contributed by atoms with E-state index in [4.69, 9.17) is 0 Å². The molecular formula is C20H18BrN5O2S. The second kappa shape index (κ2) is 7.94. The molecule has 9 heteroatoms. The third kappa shape index (κ3) is 3.76. The Bertz CT molecular complexity index is 1270. The summed E-state index contributed by atoms with van der Waals surface area (Å²) < 4.78 is 28.6. The highest BCUT2D eigenvalue weighted by Gasteiger charge is 2.21. The van der Waals surface area contributed by atoms with Crippen LogP contribution >= 0.6 is 15.9 Å². The van der Waals surface area contributed by atoms with Gasteiger partial charge in [0, 0.05) is 42.4 Å². The molecule has 0 atom stereocenters. The summed E-state index contributed by atoms with van der Waals surface area (Å²) >= 11 is 3.46. The van der Waals surface area contributed by atoms with Gasteiger partial charge in [0.05, 0.1) is 9.99 Å². The van der Waals surface area contributed by atoms with Crippen LogP contribution in [0.5, 0.6) is 0 Å². The molecule has 0 aliphatic rings. The van der Waals surface area contributed by atoms with Crippen molar-refractivity contribution in [2.75, 3.05) is 12.4 Å². The van der Waals surface area contributed by atoms with Crippen molar-refractivity contribution in [3.8, 4) is 0 Å². The van der Waals surface area contributed by atoms with Crippen molar-refractivity contribution in [3.63, 3.8) is 0 Å². The Labute approximate surface area is 177 Å². The van der Waals surface area contributed by atoms with Gasteiger partial charge in [-0.3, -0.25) is 4.98 Å². The maximum atomic E-state index is 13.3. The van der Waals surface area contributed by atoms with Gasteiger partial charge in [-0.2, -0.15) is 0 Å². The number of fused-ring (bicyclic) bond motifs is 1. The normalized spacial score (nSPS) is 11.7. The molecule has 0 saturated carbocycles. The molecule has 148 valence electrons. The number of nitrogens with zero attached hydrogens (tertiary/aromatic N) is 3. The van der Waals surface area contributed by atoms with Gasteiger partial charge in [-0.05, 0) is 64.9 Å². The Hall–Kier alpha value is -2.75. The molecule has 3 heterocycles. The molecule has 4 aromatic rings. The zero-order valence-electron chi connectivity index (χ0n) is 15.5. The maximum absolute atomic E-state index is 13.3. The van der Waals surface area contributed by atoms with Gasteiger partial charge < -0.3 is 10.6 Å². The predicted octanol–water partition coefficient (Wildman–Crippen LogP) is 3.89. The van der Waals surface area contributed by atoms with Gasteiger partial charge in [-0.15, -0.1) is 0 Å². The third-order valence-electron chi connectivity index (χ3n) is 4.43. The Morgan fingerprint density at radius 3 is 2.69 bits per heavy atom. The lowest BCUT2D eigenvalue weighted by atomic mass is 10.1. The number of nitrogens with one attached hydrogen (secondary N) is 2. The molecule has 0 aliphatic carbocycles. The molecule has 0 bridgehead atoms. The van der Waals surface area contributed by atoms with E-state index < -0.39 is 10.0 Å². The summed E-state index contributed by atoms with van der Waals surface area (Å²) in [7, 11) is -1.96. The van der Waals surface area contributed by atoms with E-state index in [2.05, 4.69) is 36.5 Å². The van der Waals surface area contributed by atoms with Gasteiger partial charge in [-0.1, -0.05) is 6.07 Å². The molecule has 0 radical (unpaired) electrons. The number of pyridine rings is 2. The van der Waals surface area contributed by atoms with Crippen molar-refractivity contribution >= 4 is 48.4 Å². The SMILES string of the molecule is CNCc1cn(S(=O)(=O)c2cccnc2)c2cc(Nc3ncccc3Br)ccc12. The first kappa shape index (κ1) is 19.6. The monoisotopic (exact) mass is 471 g/mol. The van der Waals surface area contributed by atoms with Gasteiger partial charge in [0.1, 0.15) is 10.7 Å². The van der Waals surface area contributed by atoms with Crippen LogP contribution in [0.2, 0.25) is 0 Å². The van der Waals surface area contributed by atoms with Crippen molar-refractivity contribution in [2.45, 2.75) is 11.4 Å². The number of benzene rings is 1. The largest absolute Gasteiger partial charge is 0.339 e. The summed E-state index contributed by atoms with van der Waals surface area (Å²) in [6.07, 6.45) is 6.24. The average Bonchev–Trinajstić information content (AvgIpc) is 3.09. The lowest BCUT2D eigenvalue weighted by Crippen LogP contribution is -2.12. The fourth-order valence-corrected chi connectivity index (χ4v) is 4.80. The maximum Gasteiger partial charge on any atom is 0.269 e. The van der Waals surface area contributed by atoms with Gasteiger partial charge in [0.15, 0.2) is 0 Å². The minimum Gasteiger partial charge on any atom is -0.339 e. The Morgan fingerprint density at radius 2 is 1.97 bits per heavy atom. The first-order valence-corrected chi connectivity index (χ1v) is 11.1. The van der Waals surface area contributed by atoms with Crippen molar-refractivity contribution in [1.82, 2.24) is 19.3 Å². The van der Waals surface area contributed by atoms with E-state index >= 15 is 0 Å². The van der Waals surface area contributed by atoms with Gasteiger partial charge in [0.2, 0.25) is 0 Å². The van der Waals surface area contributed by atoms with E-state index in [1.807, 2.05) is 37.4 Å². The number of anilines is 2. The highest BCUT2D eigenvalue weighted by atomic mass is 79.9. The molecule has 3 aromatic heterocycles. The van der Waals surface area contributed by atoms with Crippen molar-refractivity contribution < 1.29 is 8.42 Å². The fourth-order valence-electron chi connectivity index (χ4n) is 3.10. The Balaban J connectivity index is 1.86. The van der Waals surface area contributed by atoms with E-state index in [0.29, 0.717) is 17.9 Å². The molecule has 2 N–H and O–H groups in total. The van der Waals surface area contributed by atoms with Crippen LogP contribution in [0, 0.1) is 0 Å². The number of halogens is 1. The molecule has 7 nitrogen and oxygen atoms in total. The number of hydrogen-bond donors (Lipinski definition) is 2. The number of rotatable bonds is 6. The van der Waals surface area contributed by atoms with Crippen LogP contribution in [0.3, 0.4) is 0 Å². The number of hydrogen-bond acceptors (Lipinski definition) is 6. The smallest absolute Gasteiger partial charge is 0.269 e. The Kier molecular flexibility index (Phi) is 5.35. The van der Waals surface area contributed by atoms with Crippen LogP contribution in [0.1, 0.15) is 5.56 Å². The van der Waals surface area contributed by atoms with E-state index in [0.717, 1.165) is 21.1 Å². The molecule has 0 aliphatic heterocycles. The van der Waals surface area contributed by atoms with E-state index in [1.165, 1.54) is 10.2 Å². The summed E-state index contributed by atoms with van der Waals surface area (Å²) in [6.45, 7) is 0.546. The fraction of sp³-hybridized carbons (Fsp3) is 0.100. The molecule has 1 aromatic carbocycles. The number of aromatic nitrogens is 3. The third-order valence-corrected chi connectivity index (χ3v) is 6.73. The lowest BCUT2D eigenvalue weighted by Gasteiger charge is -2.10. The molecule has 29 heavy (non-hydrogen) atoms. The molecule has 0 unspecified atom stereocenters. The van der Waals surface area contributed by atoms with Crippen LogP contribution in [-0.2, 0) is 16.6 Å². The molecular weight excluding hydrogens is 454 g/mol. The van der Waals surface area contributed by atoms with E-state index in [9.17, 15) is 8.42 Å². The van der Waals surface area contributed by atoms with E-state index in [-0.39, 0.29) is 4.90 Å². The predicted molar refractivity (Wildman–Crippen MR) is 117 cm³/mol. The van der Waals surface area contributed by atoms with Crippen molar-refractivity contribution in [3.05, 3.63) is 77.3 Å². The first-order chi connectivity index (χ1) is 14.0. The summed E-state index contributed by atoms with van der Waals surface area (Å²) in [4.78, 5) is 8.40. The molecule has 0 saturated heterocycles. The standard InChI is InChI=1S/C20H18BrN5O2S/c1-22-11-14-13-26(29(27,28)16-4-2-8-23-12-16)19-10-15(6-7-17(14)19)25-20-18(21)5-3-9-24-20/h2-10,12-13,22H,11H2,1H3,(H,24,25). The zero-order chi connectivity index (χ0) is 20.4. The summed E-state index contributed by atoms with van der Waals surface area (Å²) in [5.74, 6) is 0.649. The van der Waals surface area contributed by atoms with Crippen LogP contribution < -0.4 is 10.6 Å². The second-order valence-corrected chi connectivity index (χ2v) is 9.03. The highest BCUT2D eigenvalue weighted by molar-refractivity contribution is 9.10. The summed E-state index contributed by atoms with van der Waals surface area (Å²) in [5, 5.41) is 7.18. The Morgan fingerprint density at radius 1 is 1.14 bits per heavy atom. The van der Waals surface area contributed by atoms with Crippen LogP contribution in [0.25, 0.3) is 10.9 Å². The van der Waals surface area contributed by atoms with Crippen LogP contribution in [0.15, 0.2) is 76.6 Å². The second-order valence-electron chi connectivity index (χ2n) is 6.37. The van der Waals surface area contributed by atoms with Gasteiger partial charge in [0.25, 0.3) is 10.0 Å². The van der Waals surface area contributed by atoms with E-state index in [1.54, 1.807) is 30.7 Å². The highest BCUT2D eigenvalue weighted by Crippen LogP contribution is 2.30. The minimum atomic E-state index is -3.79. The topological polar surface area (TPSA) is 88.9 Å². The molecule has 4 rings (SSSR count). The van der Waals surface area contributed by atoms with Crippen molar-refractivity contribution in [1.29, 1.82) is 0 Å². The summed E-state index contributed by atoms with van der Waals surface area (Å²) in [6, 6.07) is 12.5. The first-order valence-electron chi connectivity index (χ1n) is 8.82. The molecule has 0 spiro atoms. The van der Waals surface area contributed by atoms with Crippen LogP contribution in [-0.4, -0.2) is 29.4 Å². The quantitative estimate of drug-likeness (QED) is 0.443. The van der Waals surface area contributed by atoms with Gasteiger partial charge >= 0.3 is 0 Å². The minimum absolute atomic E-state index is 0.138. The lowest BCUT2D eigenvalue weighted by molar-refractivity contribution is 0.588.